The van der Waals surface area contributed by atoms with Crippen molar-refractivity contribution in [2.24, 2.45) is 0 Å². The van der Waals surface area contributed by atoms with Gasteiger partial charge in [0.15, 0.2) is 0 Å². The molecule has 2 aromatic heterocycles. The van der Waals surface area contributed by atoms with Gasteiger partial charge in [0.1, 0.15) is 0 Å². The number of aromatic amines is 1. The van der Waals surface area contributed by atoms with Crippen molar-refractivity contribution in [3.05, 3.63) is 30.1 Å². The van der Waals surface area contributed by atoms with Gasteiger partial charge >= 0.3 is 0 Å². The van der Waals surface area contributed by atoms with E-state index < -0.39 is 0 Å². The summed E-state index contributed by atoms with van der Waals surface area (Å²) in [5.41, 5.74) is 3.65. The second-order valence-electron chi connectivity index (χ2n) is 4.35. The zero-order valence-electron chi connectivity index (χ0n) is 10.3. The fourth-order valence-electron chi connectivity index (χ4n) is 1.53. The third-order valence-corrected chi connectivity index (χ3v) is 2.24. The number of nitrogens with one attached hydrogen (secondary N) is 1. The maximum atomic E-state index is 4.38. The van der Waals surface area contributed by atoms with E-state index in [9.17, 15) is 0 Å². The molecule has 2 aromatic rings. The summed E-state index contributed by atoms with van der Waals surface area (Å²) in [5.74, 6) is 0. The molecule has 2 rings (SSSR count). The zero-order chi connectivity index (χ0) is 11.5. The lowest BCUT2D eigenvalue weighted by Gasteiger charge is -2.16. The summed E-state index contributed by atoms with van der Waals surface area (Å²) in [5, 5.41) is 0. The fourth-order valence-corrected chi connectivity index (χ4v) is 1.53. The number of rotatable bonds is 0. The maximum Gasteiger partial charge on any atom is 0.0916 e. The number of pyridine rings is 1. The van der Waals surface area contributed by atoms with Gasteiger partial charge in [0, 0.05) is 18.0 Å². The van der Waals surface area contributed by atoms with Gasteiger partial charge in [-0.15, -0.1) is 0 Å². The average Bonchev–Trinajstić information content (AvgIpc) is 2.63. The SMILES string of the molecule is CC.CC(C)(C)c1c[nH]c2cccnc12. The van der Waals surface area contributed by atoms with Crippen molar-refractivity contribution in [2.75, 3.05) is 0 Å². The third-order valence-electron chi connectivity index (χ3n) is 2.24. The molecule has 15 heavy (non-hydrogen) atoms. The molecule has 0 aliphatic carbocycles. The number of hydrogen-bond acceptors (Lipinski definition) is 1. The second kappa shape index (κ2) is 4.47. The van der Waals surface area contributed by atoms with E-state index in [4.69, 9.17) is 0 Å². The van der Waals surface area contributed by atoms with Gasteiger partial charge in [-0.05, 0) is 17.5 Å². The van der Waals surface area contributed by atoms with Gasteiger partial charge in [0.05, 0.1) is 11.0 Å². The standard InChI is InChI=1S/C11H14N2.C2H6/c1-11(2,3)8-7-13-9-5-4-6-12-10(8)9;1-2/h4-7,13H,1-3H3;1-2H3. The van der Waals surface area contributed by atoms with Crippen molar-refractivity contribution >= 4 is 11.0 Å². The van der Waals surface area contributed by atoms with Crippen molar-refractivity contribution in [2.45, 2.75) is 40.0 Å². The van der Waals surface area contributed by atoms with E-state index >= 15 is 0 Å². The molecule has 0 spiro atoms. The van der Waals surface area contributed by atoms with Crippen LogP contribution < -0.4 is 0 Å². The first-order chi connectivity index (χ1) is 7.09. The Morgan fingerprint density at radius 3 is 2.47 bits per heavy atom. The van der Waals surface area contributed by atoms with Crippen molar-refractivity contribution in [1.82, 2.24) is 9.97 Å². The van der Waals surface area contributed by atoms with Crippen molar-refractivity contribution < 1.29 is 0 Å². The van der Waals surface area contributed by atoms with Crippen molar-refractivity contribution in [3.8, 4) is 0 Å². The molecule has 2 heterocycles. The molecular formula is C13H20N2. The predicted octanol–water partition coefficient (Wildman–Crippen LogP) is 3.89. The summed E-state index contributed by atoms with van der Waals surface area (Å²) in [7, 11) is 0. The number of fused-ring (bicyclic) bond motifs is 1. The van der Waals surface area contributed by atoms with Crippen LogP contribution in [-0.4, -0.2) is 9.97 Å². The minimum Gasteiger partial charge on any atom is -0.360 e. The van der Waals surface area contributed by atoms with Gasteiger partial charge in [-0.3, -0.25) is 4.98 Å². The Morgan fingerprint density at radius 2 is 1.87 bits per heavy atom. The van der Waals surface area contributed by atoms with Crippen LogP contribution in [0.2, 0.25) is 0 Å². The zero-order valence-corrected chi connectivity index (χ0v) is 10.3. The van der Waals surface area contributed by atoms with E-state index in [1.54, 1.807) is 0 Å². The predicted molar refractivity (Wildman–Crippen MR) is 66.1 cm³/mol. The monoisotopic (exact) mass is 204 g/mol. The first-order valence-electron chi connectivity index (χ1n) is 5.51. The maximum absolute atomic E-state index is 4.38. The van der Waals surface area contributed by atoms with Gasteiger partial charge in [-0.2, -0.15) is 0 Å². The van der Waals surface area contributed by atoms with Gasteiger partial charge in [-0.1, -0.05) is 34.6 Å². The molecule has 0 saturated carbocycles. The molecule has 0 fully saturated rings. The van der Waals surface area contributed by atoms with Crippen LogP contribution in [0.25, 0.3) is 11.0 Å². The molecule has 2 nitrogen and oxygen atoms in total. The minimum atomic E-state index is 0.159. The minimum absolute atomic E-state index is 0.159. The average molecular weight is 204 g/mol. The van der Waals surface area contributed by atoms with Crippen LogP contribution in [0.5, 0.6) is 0 Å². The van der Waals surface area contributed by atoms with Crippen molar-refractivity contribution in [1.29, 1.82) is 0 Å². The lowest BCUT2D eigenvalue weighted by molar-refractivity contribution is 0.594. The lowest BCUT2D eigenvalue weighted by atomic mass is 9.88. The molecule has 0 aliphatic heterocycles. The molecule has 0 atom stereocenters. The van der Waals surface area contributed by atoms with Crippen LogP contribution in [0.4, 0.5) is 0 Å². The summed E-state index contributed by atoms with van der Waals surface area (Å²) in [4.78, 5) is 7.61. The van der Waals surface area contributed by atoms with E-state index in [0.29, 0.717) is 0 Å². The van der Waals surface area contributed by atoms with Crippen LogP contribution in [0.1, 0.15) is 40.2 Å². The van der Waals surface area contributed by atoms with E-state index in [1.165, 1.54) is 5.56 Å². The quantitative estimate of drug-likeness (QED) is 0.693. The number of hydrogen-bond donors (Lipinski definition) is 1. The van der Waals surface area contributed by atoms with E-state index in [-0.39, 0.29) is 5.41 Å². The number of nitrogens with zero attached hydrogens (tertiary/aromatic N) is 1. The Labute approximate surface area is 91.7 Å². The molecule has 0 saturated heterocycles. The Hall–Kier alpha value is -1.31. The Bertz CT molecular complexity index is 421. The van der Waals surface area contributed by atoms with Crippen LogP contribution in [-0.2, 0) is 5.41 Å². The molecule has 1 N–H and O–H groups in total. The molecule has 2 heteroatoms. The van der Waals surface area contributed by atoms with Gasteiger partial charge in [0.2, 0.25) is 0 Å². The molecule has 82 valence electrons. The highest BCUT2D eigenvalue weighted by molar-refractivity contribution is 5.79. The number of aromatic nitrogens is 2. The summed E-state index contributed by atoms with van der Waals surface area (Å²) in [6.45, 7) is 10.6. The first kappa shape index (κ1) is 11.8. The molecular weight excluding hydrogens is 184 g/mol. The highest BCUT2D eigenvalue weighted by atomic mass is 14.8. The van der Waals surface area contributed by atoms with Gasteiger partial charge in [-0.25, -0.2) is 0 Å². The summed E-state index contributed by atoms with van der Waals surface area (Å²) in [6.07, 6.45) is 3.89. The van der Waals surface area contributed by atoms with Crippen LogP contribution in [0.3, 0.4) is 0 Å². The fraction of sp³-hybridized carbons (Fsp3) is 0.462. The van der Waals surface area contributed by atoms with Gasteiger partial charge in [0.25, 0.3) is 0 Å². The van der Waals surface area contributed by atoms with Crippen molar-refractivity contribution in [3.63, 3.8) is 0 Å². The summed E-state index contributed by atoms with van der Waals surface area (Å²) < 4.78 is 0. The molecule has 0 unspecified atom stereocenters. The van der Waals surface area contributed by atoms with E-state index in [2.05, 4.69) is 43.0 Å². The normalized spacial score (nSPS) is 11.0. The molecule has 0 amide bonds. The first-order valence-corrected chi connectivity index (χ1v) is 5.51. The van der Waals surface area contributed by atoms with Crippen LogP contribution >= 0.6 is 0 Å². The third kappa shape index (κ3) is 2.38. The van der Waals surface area contributed by atoms with Crippen LogP contribution in [0.15, 0.2) is 24.5 Å². The van der Waals surface area contributed by atoms with Crippen LogP contribution in [0, 0.1) is 0 Å². The van der Waals surface area contributed by atoms with E-state index in [0.717, 1.165) is 11.0 Å². The second-order valence-corrected chi connectivity index (χ2v) is 4.35. The largest absolute Gasteiger partial charge is 0.360 e. The topological polar surface area (TPSA) is 28.7 Å². The smallest absolute Gasteiger partial charge is 0.0916 e. The highest BCUT2D eigenvalue weighted by Crippen LogP contribution is 2.27. The Kier molecular flexibility index (Phi) is 3.51. The number of H-pyrrole nitrogens is 1. The van der Waals surface area contributed by atoms with Gasteiger partial charge < -0.3 is 4.98 Å². The highest BCUT2D eigenvalue weighted by Gasteiger charge is 2.18. The molecule has 0 aromatic carbocycles. The molecule has 0 radical (unpaired) electrons. The lowest BCUT2D eigenvalue weighted by Crippen LogP contribution is -2.10. The summed E-state index contributed by atoms with van der Waals surface area (Å²) >= 11 is 0. The Morgan fingerprint density at radius 1 is 1.20 bits per heavy atom. The summed E-state index contributed by atoms with van der Waals surface area (Å²) in [6, 6.07) is 4.00. The Balaban J connectivity index is 0.000000531. The molecule has 0 bridgehead atoms. The van der Waals surface area contributed by atoms with E-state index in [1.807, 2.05) is 26.1 Å². The molecule has 0 aliphatic rings.